The number of aryl methyl sites for hydroxylation is 1. The third-order valence-corrected chi connectivity index (χ3v) is 4.98. The average molecular weight is 379 g/mol. The molecule has 134 valence electrons. The molecule has 0 radical (unpaired) electrons. The number of carbonyl (C=O) groups is 1. The van der Waals surface area contributed by atoms with Crippen molar-refractivity contribution in [1.82, 2.24) is 14.6 Å². The maximum absolute atomic E-state index is 12.7. The summed E-state index contributed by atoms with van der Waals surface area (Å²) in [6.07, 6.45) is 3.11. The number of aromatic nitrogens is 3. The molecule has 3 heterocycles. The van der Waals surface area contributed by atoms with Crippen molar-refractivity contribution in [2.45, 2.75) is 6.92 Å². The maximum atomic E-state index is 12.7. The van der Waals surface area contributed by atoms with Crippen molar-refractivity contribution >= 4 is 34.3 Å². The minimum atomic E-state index is -0.472. The molecular formula is C18H13N5O3S. The van der Waals surface area contributed by atoms with Gasteiger partial charge in [-0.2, -0.15) is 5.10 Å². The molecule has 3 aromatic heterocycles. The lowest BCUT2D eigenvalue weighted by molar-refractivity contribution is -0.384. The summed E-state index contributed by atoms with van der Waals surface area (Å²) < 4.78 is 1.63. The highest BCUT2D eigenvalue weighted by Crippen LogP contribution is 2.26. The lowest BCUT2D eigenvalue weighted by atomic mass is 10.1. The quantitative estimate of drug-likeness (QED) is 0.427. The number of nitrogens with zero attached hydrogens (tertiary/aromatic N) is 4. The first-order valence-corrected chi connectivity index (χ1v) is 8.85. The molecule has 0 atom stereocenters. The van der Waals surface area contributed by atoms with Crippen molar-refractivity contribution in [1.29, 1.82) is 0 Å². The van der Waals surface area contributed by atoms with E-state index in [1.165, 1.54) is 24.4 Å². The number of fused-ring (bicyclic) bond motifs is 1. The first-order chi connectivity index (χ1) is 13.0. The molecule has 8 nitrogen and oxygen atoms in total. The number of hydrogen-bond acceptors (Lipinski definition) is 6. The van der Waals surface area contributed by atoms with Crippen LogP contribution in [0.25, 0.3) is 16.2 Å². The Morgan fingerprint density at radius 1 is 1.30 bits per heavy atom. The topological polar surface area (TPSA) is 102 Å². The van der Waals surface area contributed by atoms with E-state index in [0.717, 1.165) is 10.6 Å². The molecule has 0 spiro atoms. The van der Waals surface area contributed by atoms with Gasteiger partial charge in [0.2, 0.25) is 0 Å². The van der Waals surface area contributed by atoms with E-state index in [4.69, 9.17) is 0 Å². The van der Waals surface area contributed by atoms with Crippen molar-refractivity contribution in [3.63, 3.8) is 0 Å². The largest absolute Gasteiger partial charge is 0.322 e. The zero-order valence-corrected chi connectivity index (χ0v) is 14.9. The van der Waals surface area contributed by atoms with Gasteiger partial charge in [-0.15, -0.1) is 11.3 Å². The smallest absolute Gasteiger partial charge is 0.269 e. The minimum absolute atomic E-state index is 0.0243. The fraction of sp³-hybridized carbons (Fsp3) is 0.0556. The van der Waals surface area contributed by atoms with Crippen LogP contribution in [0.4, 0.5) is 11.4 Å². The van der Waals surface area contributed by atoms with Crippen LogP contribution in [0.1, 0.15) is 15.9 Å². The van der Waals surface area contributed by atoms with Gasteiger partial charge in [0.15, 0.2) is 5.65 Å². The van der Waals surface area contributed by atoms with E-state index in [1.807, 2.05) is 23.6 Å². The van der Waals surface area contributed by atoms with Crippen molar-refractivity contribution < 1.29 is 9.72 Å². The standard InChI is InChI=1S/C18H13N5O3S/c1-11-9-12(23(25)26)4-5-14(11)21-18(24)13-10-20-22-15(6-7-19-17(13)22)16-3-2-8-27-16/h2-10H,1H3,(H,21,24). The number of non-ortho nitro benzene ring substituents is 1. The second-order valence-electron chi connectivity index (χ2n) is 5.81. The van der Waals surface area contributed by atoms with Crippen LogP contribution in [-0.4, -0.2) is 25.4 Å². The van der Waals surface area contributed by atoms with Crippen LogP contribution in [0, 0.1) is 17.0 Å². The lowest BCUT2D eigenvalue weighted by Gasteiger charge is -2.07. The van der Waals surface area contributed by atoms with Crippen molar-refractivity contribution in [3.8, 4) is 10.6 Å². The molecule has 1 aromatic carbocycles. The Morgan fingerprint density at radius 3 is 2.85 bits per heavy atom. The summed E-state index contributed by atoms with van der Waals surface area (Å²) in [4.78, 5) is 28.4. The predicted octanol–water partition coefficient (Wildman–Crippen LogP) is 3.93. The fourth-order valence-corrected chi connectivity index (χ4v) is 3.49. The van der Waals surface area contributed by atoms with Gasteiger partial charge in [0, 0.05) is 24.0 Å². The molecule has 0 saturated heterocycles. The third kappa shape index (κ3) is 3.04. The number of rotatable bonds is 4. The highest BCUT2D eigenvalue weighted by atomic mass is 32.1. The van der Waals surface area contributed by atoms with Gasteiger partial charge in [-0.3, -0.25) is 14.9 Å². The molecule has 27 heavy (non-hydrogen) atoms. The second-order valence-corrected chi connectivity index (χ2v) is 6.76. The summed E-state index contributed by atoms with van der Waals surface area (Å²) in [6, 6.07) is 10.0. The molecule has 4 rings (SSSR count). The van der Waals surface area contributed by atoms with Gasteiger partial charge in [0.25, 0.3) is 11.6 Å². The molecule has 1 amide bonds. The first-order valence-electron chi connectivity index (χ1n) is 7.97. The van der Waals surface area contributed by atoms with E-state index in [2.05, 4.69) is 15.4 Å². The SMILES string of the molecule is Cc1cc([N+](=O)[O-])ccc1NC(=O)c1cnn2c(-c3cccs3)ccnc12. The molecule has 1 N–H and O–H groups in total. The monoisotopic (exact) mass is 379 g/mol. The zero-order chi connectivity index (χ0) is 19.0. The molecule has 0 unspecified atom stereocenters. The van der Waals surface area contributed by atoms with Crippen LogP contribution in [0.5, 0.6) is 0 Å². The first kappa shape index (κ1) is 16.9. The molecule has 4 aromatic rings. The van der Waals surface area contributed by atoms with Crippen LogP contribution >= 0.6 is 11.3 Å². The van der Waals surface area contributed by atoms with E-state index < -0.39 is 4.92 Å². The summed E-state index contributed by atoms with van der Waals surface area (Å²) in [5.74, 6) is -0.377. The van der Waals surface area contributed by atoms with Gasteiger partial charge in [-0.25, -0.2) is 9.50 Å². The summed E-state index contributed by atoms with van der Waals surface area (Å²) >= 11 is 1.57. The molecule has 0 aliphatic rings. The Kier molecular flexibility index (Phi) is 4.13. The van der Waals surface area contributed by atoms with Crippen molar-refractivity contribution in [2.75, 3.05) is 5.32 Å². The van der Waals surface area contributed by atoms with Crippen LogP contribution in [0.2, 0.25) is 0 Å². The van der Waals surface area contributed by atoms with Crippen LogP contribution in [-0.2, 0) is 0 Å². The zero-order valence-electron chi connectivity index (χ0n) is 14.1. The molecule has 0 aliphatic heterocycles. The highest BCUT2D eigenvalue weighted by molar-refractivity contribution is 7.13. The number of amides is 1. The number of carbonyl (C=O) groups excluding carboxylic acids is 1. The Morgan fingerprint density at radius 2 is 2.15 bits per heavy atom. The predicted molar refractivity (Wildman–Crippen MR) is 102 cm³/mol. The van der Waals surface area contributed by atoms with Crippen molar-refractivity contribution in [3.05, 3.63) is 75.4 Å². The van der Waals surface area contributed by atoms with Gasteiger partial charge in [0.05, 0.1) is 21.7 Å². The maximum Gasteiger partial charge on any atom is 0.269 e. The van der Waals surface area contributed by atoms with Gasteiger partial charge in [-0.1, -0.05) is 6.07 Å². The van der Waals surface area contributed by atoms with E-state index >= 15 is 0 Å². The number of nitrogens with one attached hydrogen (secondary N) is 1. The Balaban J connectivity index is 1.68. The van der Waals surface area contributed by atoms with Crippen molar-refractivity contribution in [2.24, 2.45) is 0 Å². The van der Waals surface area contributed by atoms with E-state index in [-0.39, 0.29) is 11.6 Å². The van der Waals surface area contributed by atoms with Gasteiger partial charge in [0.1, 0.15) is 5.56 Å². The number of hydrogen-bond donors (Lipinski definition) is 1. The molecule has 0 fully saturated rings. The number of thiophene rings is 1. The third-order valence-electron chi connectivity index (χ3n) is 4.09. The Bertz CT molecular complexity index is 1170. The molecule has 0 bridgehead atoms. The van der Waals surface area contributed by atoms with Crippen LogP contribution in [0.3, 0.4) is 0 Å². The summed E-state index contributed by atoms with van der Waals surface area (Å²) in [5, 5.41) is 19.9. The van der Waals surface area contributed by atoms with E-state index in [0.29, 0.717) is 22.5 Å². The molecular weight excluding hydrogens is 366 g/mol. The molecule has 0 aliphatic carbocycles. The van der Waals surface area contributed by atoms with E-state index in [9.17, 15) is 14.9 Å². The number of nitro groups is 1. The number of nitro benzene ring substituents is 1. The Hall–Kier alpha value is -3.59. The summed E-state index contributed by atoms with van der Waals surface area (Å²) in [7, 11) is 0. The number of benzene rings is 1. The minimum Gasteiger partial charge on any atom is -0.322 e. The summed E-state index contributed by atoms with van der Waals surface area (Å²) in [6.45, 7) is 1.70. The van der Waals surface area contributed by atoms with Gasteiger partial charge >= 0.3 is 0 Å². The molecule has 9 heteroatoms. The summed E-state index contributed by atoms with van der Waals surface area (Å²) in [5.41, 5.74) is 2.69. The fourth-order valence-electron chi connectivity index (χ4n) is 2.75. The van der Waals surface area contributed by atoms with Gasteiger partial charge in [-0.05, 0) is 36.1 Å². The van der Waals surface area contributed by atoms with Crippen LogP contribution < -0.4 is 5.32 Å². The molecule has 0 saturated carbocycles. The normalized spacial score (nSPS) is 10.9. The average Bonchev–Trinajstić information content (AvgIpc) is 3.32. The van der Waals surface area contributed by atoms with Gasteiger partial charge < -0.3 is 5.32 Å². The lowest BCUT2D eigenvalue weighted by Crippen LogP contribution is -2.13. The number of anilines is 1. The van der Waals surface area contributed by atoms with Crippen LogP contribution in [0.15, 0.2) is 54.2 Å². The van der Waals surface area contributed by atoms with E-state index in [1.54, 1.807) is 29.0 Å². The Labute approximate surface area is 157 Å². The highest BCUT2D eigenvalue weighted by Gasteiger charge is 2.18. The second kappa shape index (κ2) is 6.61.